The zero-order valence-electron chi connectivity index (χ0n) is 17.0. The third-order valence-corrected chi connectivity index (χ3v) is 5.03. The minimum absolute atomic E-state index is 0.0455. The van der Waals surface area contributed by atoms with E-state index in [9.17, 15) is 17.6 Å². The third kappa shape index (κ3) is 5.84. The fourth-order valence-electron chi connectivity index (χ4n) is 3.29. The van der Waals surface area contributed by atoms with E-state index >= 15 is 0 Å². The van der Waals surface area contributed by atoms with Gasteiger partial charge in [-0.2, -0.15) is 22.7 Å². The SMILES string of the molecule is FC(F)Oc1ccc(-c2cc(-c3ccc(OC(F)F)cc3)n(Cc3ccc(Cl)cc3)n2)cc1. The highest BCUT2D eigenvalue weighted by atomic mass is 35.5. The summed E-state index contributed by atoms with van der Waals surface area (Å²) in [5.74, 6) is 0.0940. The highest BCUT2D eigenvalue weighted by molar-refractivity contribution is 6.30. The highest BCUT2D eigenvalue weighted by Gasteiger charge is 2.14. The van der Waals surface area contributed by atoms with Crippen molar-refractivity contribution < 1.29 is 27.0 Å². The van der Waals surface area contributed by atoms with Crippen LogP contribution in [-0.2, 0) is 6.54 Å². The van der Waals surface area contributed by atoms with Gasteiger partial charge in [-0.3, -0.25) is 4.68 Å². The first-order valence-corrected chi connectivity index (χ1v) is 10.2. The van der Waals surface area contributed by atoms with Crippen LogP contribution in [-0.4, -0.2) is 23.0 Å². The average molecular weight is 477 g/mol. The Hall–Kier alpha value is -3.52. The maximum Gasteiger partial charge on any atom is 0.387 e. The first-order chi connectivity index (χ1) is 15.9. The molecule has 0 saturated carbocycles. The molecule has 0 aliphatic heterocycles. The fourth-order valence-corrected chi connectivity index (χ4v) is 3.41. The molecule has 0 bridgehead atoms. The maximum absolute atomic E-state index is 12.5. The van der Waals surface area contributed by atoms with Gasteiger partial charge in [0.2, 0.25) is 0 Å². The number of rotatable bonds is 8. The minimum atomic E-state index is -2.91. The predicted octanol–water partition coefficient (Wildman–Crippen LogP) is 7.12. The standard InChI is InChI=1S/C24H17ClF4N2O2/c25-18-7-1-15(2-8-18)14-31-22(17-5-11-20(12-6-17)33-24(28)29)13-21(30-31)16-3-9-19(10-4-16)32-23(26)27/h1-13,23-24H,14H2. The smallest absolute Gasteiger partial charge is 0.387 e. The number of aromatic nitrogens is 2. The van der Waals surface area contributed by atoms with Gasteiger partial charge in [0.25, 0.3) is 0 Å². The molecule has 0 saturated heterocycles. The molecule has 1 heterocycles. The number of alkyl halides is 4. The van der Waals surface area contributed by atoms with Crippen LogP contribution in [0, 0.1) is 0 Å². The maximum atomic E-state index is 12.5. The number of nitrogens with zero attached hydrogens (tertiary/aromatic N) is 2. The summed E-state index contributed by atoms with van der Waals surface area (Å²) in [6.45, 7) is -5.39. The Morgan fingerprint density at radius 3 is 1.76 bits per heavy atom. The lowest BCUT2D eigenvalue weighted by atomic mass is 10.1. The van der Waals surface area contributed by atoms with Crippen molar-refractivity contribution in [2.45, 2.75) is 19.8 Å². The van der Waals surface area contributed by atoms with Gasteiger partial charge >= 0.3 is 13.2 Å². The van der Waals surface area contributed by atoms with E-state index in [1.165, 1.54) is 24.3 Å². The van der Waals surface area contributed by atoms with Gasteiger partial charge in [0.1, 0.15) is 11.5 Å². The molecule has 0 aliphatic rings. The summed E-state index contributed by atoms with van der Waals surface area (Å²) in [7, 11) is 0. The molecule has 0 unspecified atom stereocenters. The van der Waals surface area contributed by atoms with Crippen LogP contribution >= 0.6 is 11.6 Å². The van der Waals surface area contributed by atoms with Crippen molar-refractivity contribution >= 4 is 11.6 Å². The van der Waals surface area contributed by atoms with Gasteiger partial charge in [0, 0.05) is 16.1 Å². The molecule has 9 heteroatoms. The fraction of sp³-hybridized carbons (Fsp3) is 0.125. The topological polar surface area (TPSA) is 36.3 Å². The van der Waals surface area contributed by atoms with Crippen molar-refractivity contribution in [3.63, 3.8) is 0 Å². The molecule has 4 aromatic rings. The lowest BCUT2D eigenvalue weighted by Crippen LogP contribution is -2.04. The van der Waals surface area contributed by atoms with Crippen LogP contribution < -0.4 is 9.47 Å². The van der Waals surface area contributed by atoms with Gasteiger partial charge in [-0.15, -0.1) is 0 Å². The molecule has 0 atom stereocenters. The van der Waals surface area contributed by atoms with Crippen LogP contribution in [0.5, 0.6) is 11.5 Å². The Morgan fingerprint density at radius 2 is 1.24 bits per heavy atom. The molecule has 0 aliphatic carbocycles. The molecule has 0 radical (unpaired) electrons. The van der Waals surface area contributed by atoms with Crippen LogP contribution in [0.1, 0.15) is 5.56 Å². The summed E-state index contributed by atoms with van der Waals surface area (Å²) in [6, 6.07) is 21.5. The molecule has 33 heavy (non-hydrogen) atoms. The van der Waals surface area contributed by atoms with Gasteiger partial charge in [0.05, 0.1) is 17.9 Å². The van der Waals surface area contributed by atoms with Crippen molar-refractivity contribution in [1.29, 1.82) is 0 Å². The second kappa shape index (κ2) is 9.95. The minimum Gasteiger partial charge on any atom is -0.435 e. The van der Waals surface area contributed by atoms with E-state index in [1.807, 2.05) is 18.2 Å². The second-order valence-corrected chi connectivity index (χ2v) is 7.44. The number of hydrogen-bond donors (Lipinski definition) is 0. The van der Waals surface area contributed by atoms with Gasteiger partial charge in [-0.05, 0) is 72.3 Å². The second-order valence-electron chi connectivity index (χ2n) is 7.00. The van der Waals surface area contributed by atoms with E-state index in [1.54, 1.807) is 41.1 Å². The Kier molecular flexibility index (Phi) is 6.84. The largest absolute Gasteiger partial charge is 0.435 e. The van der Waals surface area contributed by atoms with Gasteiger partial charge in [-0.25, -0.2) is 0 Å². The summed E-state index contributed by atoms with van der Waals surface area (Å²) < 4.78 is 60.4. The number of halogens is 5. The van der Waals surface area contributed by atoms with Crippen molar-refractivity contribution in [3.8, 4) is 34.0 Å². The molecule has 3 aromatic carbocycles. The van der Waals surface area contributed by atoms with E-state index in [2.05, 4.69) is 14.6 Å². The van der Waals surface area contributed by atoms with Crippen LogP contribution in [0.25, 0.3) is 22.5 Å². The van der Waals surface area contributed by atoms with Gasteiger partial charge < -0.3 is 9.47 Å². The van der Waals surface area contributed by atoms with E-state index in [-0.39, 0.29) is 11.5 Å². The van der Waals surface area contributed by atoms with Crippen molar-refractivity contribution in [3.05, 3.63) is 89.4 Å². The summed E-state index contributed by atoms with van der Waals surface area (Å²) >= 11 is 5.98. The first-order valence-electron chi connectivity index (χ1n) is 9.80. The first kappa shape index (κ1) is 22.7. The lowest BCUT2D eigenvalue weighted by molar-refractivity contribution is -0.0505. The van der Waals surface area contributed by atoms with Crippen LogP contribution in [0.4, 0.5) is 17.6 Å². The van der Waals surface area contributed by atoms with Crippen molar-refractivity contribution in [1.82, 2.24) is 9.78 Å². The average Bonchev–Trinajstić information content (AvgIpc) is 3.19. The Labute approximate surface area is 191 Å². The molecule has 4 rings (SSSR count). The molecule has 0 amide bonds. The van der Waals surface area contributed by atoms with Crippen LogP contribution in [0.3, 0.4) is 0 Å². The van der Waals surface area contributed by atoms with E-state index < -0.39 is 13.2 Å². The number of ether oxygens (including phenoxy) is 2. The molecule has 0 fully saturated rings. The van der Waals surface area contributed by atoms with Crippen molar-refractivity contribution in [2.24, 2.45) is 0 Å². The van der Waals surface area contributed by atoms with Crippen LogP contribution in [0.15, 0.2) is 78.9 Å². The van der Waals surface area contributed by atoms with E-state index in [4.69, 9.17) is 11.6 Å². The monoisotopic (exact) mass is 476 g/mol. The Balaban J connectivity index is 1.69. The summed E-state index contributed by atoms with van der Waals surface area (Å²) in [5.41, 5.74) is 3.73. The summed E-state index contributed by atoms with van der Waals surface area (Å²) in [5, 5.41) is 5.29. The normalized spacial score (nSPS) is 11.2. The van der Waals surface area contributed by atoms with Gasteiger partial charge in [-0.1, -0.05) is 23.7 Å². The predicted molar refractivity (Wildman–Crippen MR) is 117 cm³/mol. The van der Waals surface area contributed by atoms with Crippen molar-refractivity contribution in [2.75, 3.05) is 0 Å². The molecule has 4 nitrogen and oxygen atoms in total. The van der Waals surface area contributed by atoms with E-state index in [0.717, 1.165) is 16.8 Å². The van der Waals surface area contributed by atoms with E-state index in [0.29, 0.717) is 22.8 Å². The quantitative estimate of drug-likeness (QED) is 0.254. The third-order valence-electron chi connectivity index (χ3n) is 4.78. The molecule has 0 spiro atoms. The molecular weight excluding hydrogens is 460 g/mol. The molecule has 1 aromatic heterocycles. The Morgan fingerprint density at radius 1 is 0.727 bits per heavy atom. The zero-order valence-corrected chi connectivity index (χ0v) is 17.7. The highest BCUT2D eigenvalue weighted by Crippen LogP contribution is 2.30. The van der Waals surface area contributed by atoms with Crippen LogP contribution in [0.2, 0.25) is 5.02 Å². The zero-order chi connectivity index (χ0) is 23.4. The lowest BCUT2D eigenvalue weighted by Gasteiger charge is -2.09. The molecular formula is C24H17ClF4N2O2. The Bertz CT molecular complexity index is 1190. The summed E-state index contributed by atoms with van der Waals surface area (Å²) in [6.07, 6.45) is 0. The number of benzene rings is 3. The van der Waals surface area contributed by atoms with Gasteiger partial charge in [0.15, 0.2) is 0 Å². The molecule has 170 valence electrons. The number of hydrogen-bond acceptors (Lipinski definition) is 3. The summed E-state index contributed by atoms with van der Waals surface area (Å²) in [4.78, 5) is 0. The molecule has 0 N–H and O–H groups in total.